The topological polar surface area (TPSA) is 84.9 Å². The summed E-state index contributed by atoms with van der Waals surface area (Å²) >= 11 is 6.11. The summed E-state index contributed by atoms with van der Waals surface area (Å²) in [5.74, 6) is -0.405. The Bertz CT molecular complexity index is 1300. The number of ether oxygens (including phenoxy) is 2. The van der Waals surface area contributed by atoms with Gasteiger partial charge in [-0.05, 0) is 61.0 Å². The molecule has 3 aromatic rings. The molecule has 1 N–H and O–H groups in total. The molecular weight excluding hydrogens is 471 g/mol. The lowest BCUT2D eigenvalue weighted by Crippen LogP contribution is -2.38. The highest BCUT2D eigenvalue weighted by atomic mass is 35.5. The molecule has 0 radical (unpaired) electrons. The number of nitrogens with zero attached hydrogens (tertiary/aromatic N) is 1. The van der Waals surface area contributed by atoms with Crippen molar-refractivity contribution in [2.75, 3.05) is 29.4 Å². The van der Waals surface area contributed by atoms with Gasteiger partial charge in [-0.25, -0.2) is 12.8 Å². The van der Waals surface area contributed by atoms with E-state index in [-0.39, 0.29) is 10.6 Å². The first-order valence-electron chi connectivity index (χ1n) is 9.98. The average molecular weight is 491 g/mol. The van der Waals surface area contributed by atoms with Crippen molar-refractivity contribution >= 4 is 38.9 Å². The van der Waals surface area contributed by atoms with Crippen LogP contribution < -0.4 is 19.1 Å². The lowest BCUT2D eigenvalue weighted by atomic mass is 10.2. The summed E-state index contributed by atoms with van der Waals surface area (Å²) in [6, 6.07) is 14.0. The Balaban J connectivity index is 1.66. The van der Waals surface area contributed by atoms with Crippen molar-refractivity contribution in [2.45, 2.75) is 11.8 Å². The van der Waals surface area contributed by atoms with Crippen LogP contribution in [0.1, 0.15) is 5.56 Å². The Hall–Kier alpha value is -3.30. The minimum Gasteiger partial charge on any atom is -0.486 e. The standard InChI is InChI=1S/C23H20ClFN2O5S/c1-15-2-5-17(12-20(15)24)26-23(28)14-27(18-6-3-16(25)4-7-18)33(29,30)19-8-9-21-22(13-19)32-11-10-31-21/h2-9,12-13H,10-11,14H2,1H3,(H,26,28). The van der Waals surface area contributed by atoms with Crippen LogP contribution in [0.4, 0.5) is 15.8 Å². The number of carbonyl (C=O) groups is 1. The minimum absolute atomic E-state index is 0.0951. The van der Waals surface area contributed by atoms with Gasteiger partial charge < -0.3 is 14.8 Å². The van der Waals surface area contributed by atoms with Gasteiger partial charge in [-0.1, -0.05) is 17.7 Å². The lowest BCUT2D eigenvalue weighted by molar-refractivity contribution is -0.114. The zero-order valence-corrected chi connectivity index (χ0v) is 19.1. The Morgan fingerprint density at radius 2 is 1.73 bits per heavy atom. The van der Waals surface area contributed by atoms with E-state index in [0.717, 1.165) is 22.0 Å². The average Bonchev–Trinajstić information content (AvgIpc) is 2.80. The Labute approximate surface area is 195 Å². The zero-order chi connectivity index (χ0) is 23.6. The fourth-order valence-corrected chi connectivity index (χ4v) is 4.85. The number of hydrogen-bond acceptors (Lipinski definition) is 5. The van der Waals surface area contributed by atoms with Crippen molar-refractivity contribution in [1.82, 2.24) is 0 Å². The van der Waals surface area contributed by atoms with Crippen molar-refractivity contribution < 1.29 is 27.1 Å². The van der Waals surface area contributed by atoms with Crippen molar-refractivity contribution in [3.8, 4) is 11.5 Å². The third-order valence-corrected chi connectivity index (χ3v) is 7.14. The number of nitrogens with one attached hydrogen (secondary N) is 1. The second kappa shape index (κ2) is 9.29. The van der Waals surface area contributed by atoms with Crippen LogP contribution in [0.15, 0.2) is 65.6 Å². The minimum atomic E-state index is -4.21. The van der Waals surface area contributed by atoms with Gasteiger partial charge in [-0.3, -0.25) is 9.10 Å². The molecule has 0 saturated heterocycles. The lowest BCUT2D eigenvalue weighted by Gasteiger charge is -2.25. The number of aryl methyl sites for hydroxylation is 1. The fourth-order valence-electron chi connectivity index (χ4n) is 3.24. The maximum absolute atomic E-state index is 13.5. The van der Waals surface area contributed by atoms with Crippen LogP contribution in [0.3, 0.4) is 0 Å². The van der Waals surface area contributed by atoms with Crippen LogP contribution in [-0.4, -0.2) is 34.1 Å². The highest BCUT2D eigenvalue weighted by Gasteiger charge is 2.29. The largest absolute Gasteiger partial charge is 0.486 e. The van der Waals surface area contributed by atoms with Gasteiger partial charge in [-0.2, -0.15) is 0 Å². The maximum atomic E-state index is 13.5. The van der Waals surface area contributed by atoms with Gasteiger partial charge in [0.25, 0.3) is 10.0 Å². The molecule has 0 spiro atoms. The third-order valence-electron chi connectivity index (χ3n) is 4.96. The number of anilines is 2. The summed E-state index contributed by atoms with van der Waals surface area (Å²) < 4.78 is 52.4. The summed E-state index contributed by atoms with van der Waals surface area (Å²) in [6.07, 6.45) is 0. The normalized spacial score (nSPS) is 12.8. The van der Waals surface area contributed by atoms with E-state index >= 15 is 0 Å². The Kier molecular flexibility index (Phi) is 6.44. The molecule has 3 aromatic carbocycles. The summed E-state index contributed by atoms with van der Waals surface area (Å²) in [4.78, 5) is 12.7. The van der Waals surface area contributed by atoms with E-state index in [2.05, 4.69) is 5.32 Å². The number of sulfonamides is 1. The predicted molar refractivity (Wildman–Crippen MR) is 123 cm³/mol. The summed E-state index contributed by atoms with van der Waals surface area (Å²) in [6.45, 7) is 1.93. The Morgan fingerprint density at radius 1 is 1.03 bits per heavy atom. The van der Waals surface area contributed by atoms with E-state index in [9.17, 15) is 17.6 Å². The van der Waals surface area contributed by atoms with Gasteiger partial charge in [0.1, 0.15) is 25.6 Å². The van der Waals surface area contributed by atoms with Crippen molar-refractivity contribution in [3.05, 3.63) is 77.1 Å². The number of halogens is 2. The molecule has 0 atom stereocenters. The number of amides is 1. The van der Waals surface area contributed by atoms with Crippen LogP contribution in [0, 0.1) is 12.7 Å². The van der Waals surface area contributed by atoms with Crippen molar-refractivity contribution in [1.29, 1.82) is 0 Å². The maximum Gasteiger partial charge on any atom is 0.264 e. The monoisotopic (exact) mass is 490 g/mol. The Morgan fingerprint density at radius 3 is 2.42 bits per heavy atom. The van der Waals surface area contributed by atoms with Crippen LogP contribution in [0.5, 0.6) is 11.5 Å². The zero-order valence-electron chi connectivity index (χ0n) is 17.5. The molecule has 172 valence electrons. The number of hydrogen-bond donors (Lipinski definition) is 1. The van der Waals surface area contributed by atoms with Crippen LogP contribution in [0.2, 0.25) is 5.02 Å². The highest BCUT2D eigenvalue weighted by Crippen LogP contribution is 2.34. The number of rotatable bonds is 6. The molecule has 0 fully saturated rings. The van der Waals surface area contributed by atoms with Crippen LogP contribution in [0.25, 0.3) is 0 Å². The van der Waals surface area contributed by atoms with E-state index in [1.165, 1.54) is 30.3 Å². The molecule has 0 aliphatic carbocycles. The van der Waals surface area contributed by atoms with Gasteiger partial charge in [0.05, 0.1) is 10.6 Å². The third kappa shape index (κ3) is 5.04. The molecule has 10 heteroatoms. The molecule has 1 amide bonds. The molecule has 0 unspecified atom stereocenters. The summed E-state index contributed by atoms with van der Waals surface area (Å²) in [5, 5.41) is 3.11. The van der Waals surface area contributed by atoms with Gasteiger partial charge in [0.15, 0.2) is 11.5 Å². The summed E-state index contributed by atoms with van der Waals surface area (Å²) in [5.41, 5.74) is 1.39. The van der Waals surface area contributed by atoms with Gasteiger partial charge in [0, 0.05) is 16.8 Å². The van der Waals surface area contributed by atoms with Gasteiger partial charge >= 0.3 is 0 Å². The van der Waals surface area contributed by atoms with Gasteiger partial charge in [0.2, 0.25) is 5.91 Å². The molecule has 33 heavy (non-hydrogen) atoms. The first-order chi connectivity index (χ1) is 15.7. The van der Waals surface area contributed by atoms with E-state index in [4.69, 9.17) is 21.1 Å². The van der Waals surface area contributed by atoms with Crippen molar-refractivity contribution in [3.63, 3.8) is 0 Å². The first kappa shape index (κ1) is 22.9. The van der Waals surface area contributed by atoms with E-state index in [1.54, 1.807) is 18.2 Å². The molecular formula is C23H20ClFN2O5S. The molecule has 1 aliphatic heterocycles. The van der Waals surface area contributed by atoms with E-state index in [0.29, 0.717) is 35.4 Å². The number of fused-ring (bicyclic) bond motifs is 1. The molecule has 0 aromatic heterocycles. The fraction of sp³-hybridized carbons (Fsp3) is 0.174. The van der Waals surface area contributed by atoms with E-state index < -0.39 is 28.3 Å². The molecule has 7 nitrogen and oxygen atoms in total. The highest BCUT2D eigenvalue weighted by molar-refractivity contribution is 7.92. The molecule has 0 bridgehead atoms. The predicted octanol–water partition coefficient (Wildman–Crippen LogP) is 4.39. The molecule has 0 saturated carbocycles. The molecule has 1 aliphatic rings. The number of benzene rings is 3. The second-order valence-corrected chi connectivity index (χ2v) is 9.58. The van der Waals surface area contributed by atoms with E-state index in [1.807, 2.05) is 6.92 Å². The second-order valence-electron chi connectivity index (χ2n) is 7.31. The van der Waals surface area contributed by atoms with Gasteiger partial charge in [-0.15, -0.1) is 0 Å². The SMILES string of the molecule is Cc1ccc(NC(=O)CN(c2ccc(F)cc2)S(=O)(=O)c2ccc3c(c2)OCCO3)cc1Cl. The summed E-state index contributed by atoms with van der Waals surface area (Å²) in [7, 11) is -4.21. The van der Waals surface area contributed by atoms with Crippen molar-refractivity contribution in [2.24, 2.45) is 0 Å². The molecule has 4 rings (SSSR count). The molecule has 1 heterocycles. The van der Waals surface area contributed by atoms with Crippen LogP contribution >= 0.6 is 11.6 Å². The number of carbonyl (C=O) groups excluding carboxylic acids is 1. The smallest absolute Gasteiger partial charge is 0.264 e. The van der Waals surface area contributed by atoms with Crippen LogP contribution in [-0.2, 0) is 14.8 Å². The first-order valence-corrected chi connectivity index (χ1v) is 11.8. The quantitative estimate of drug-likeness (QED) is 0.554.